The molecule has 0 radical (unpaired) electrons. The average molecular weight is 715 g/mol. The molecule has 53 heavy (non-hydrogen) atoms. The van der Waals surface area contributed by atoms with E-state index in [9.17, 15) is 0 Å². The Balaban J connectivity index is 1.30. The topological polar surface area (TPSA) is 25.8 Å². The van der Waals surface area contributed by atoms with E-state index in [2.05, 4.69) is 182 Å². The minimum absolute atomic E-state index is 0.625. The van der Waals surface area contributed by atoms with Crippen LogP contribution in [0.15, 0.2) is 194 Å². The van der Waals surface area contributed by atoms with E-state index in [1.807, 2.05) is 12.4 Å². The van der Waals surface area contributed by atoms with Crippen molar-refractivity contribution in [2.75, 3.05) is 0 Å². The first-order chi connectivity index (χ1) is 26.1. The van der Waals surface area contributed by atoms with E-state index in [4.69, 9.17) is 22.6 Å². The van der Waals surface area contributed by atoms with Gasteiger partial charge in [0, 0.05) is 12.4 Å². The van der Waals surface area contributed by atoms with Crippen LogP contribution in [-0.4, -0.2) is 22.6 Å². The summed E-state index contributed by atoms with van der Waals surface area (Å²) in [5.74, 6) is 0. The van der Waals surface area contributed by atoms with Gasteiger partial charge in [-0.25, -0.2) is 0 Å². The third-order valence-corrected chi connectivity index (χ3v) is 18.5. The average Bonchev–Trinajstić information content (AvgIpc) is 3.71. The zero-order valence-electron chi connectivity index (χ0n) is 29.2. The fourth-order valence-electron chi connectivity index (χ4n) is 8.92. The highest BCUT2D eigenvalue weighted by molar-refractivity contribution is 7.93. The molecule has 252 valence electrons. The Hall–Kier alpha value is -5.78. The Morgan fingerprint density at radius 1 is 0.340 bits per heavy atom. The lowest BCUT2D eigenvalue weighted by Crippen LogP contribution is -2.31. The summed E-state index contributed by atoms with van der Waals surface area (Å²) in [4.78, 5) is 10.0. The van der Waals surface area contributed by atoms with Gasteiger partial charge in [0.1, 0.15) is 0 Å². The SMILES string of the molecule is C=P(c1ccccc1)(c1ccccc1)c1ccc2c(c1)C1(c3cc(P(=C)(c4ccccc4)c4ccccc4)ccc3-2)c2cccnc2-c2ncccc21. The highest BCUT2D eigenvalue weighted by atomic mass is 31.2. The van der Waals surface area contributed by atoms with Crippen molar-refractivity contribution in [2.45, 2.75) is 5.41 Å². The third kappa shape index (κ3) is 4.47. The van der Waals surface area contributed by atoms with Crippen molar-refractivity contribution in [3.05, 3.63) is 217 Å². The van der Waals surface area contributed by atoms with Gasteiger partial charge in [0.05, 0.1) is 16.8 Å². The summed E-state index contributed by atoms with van der Waals surface area (Å²) in [7, 11) is 0. The van der Waals surface area contributed by atoms with E-state index in [1.54, 1.807) is 0 Å². The Kier molecular flexibility index (Phi) is 7.31. The van der Waals surface area contributed by atoms with E-state index in [0.29, 0.717) is 0 Å². The summed E-state index contributed by atoms with van der Waals surface area (Å²) in [6, 6.07) is 66.5. The molecule has 0 saturated carbocycles. The number of nitrogens with zero attached hydrogens (tertiary/aromatic N) is 2. The maximum atomic E-state index is 5.15. The monoisotopic (exact) mass is 714 g/mol. The van der Waals surface area contributed by atoms with Crippen LogP contribution >= 0.6 is 13.8 Å². The lowest BCUT2D eigenvalue weighted by atomic mass is 9.71. The molecular formula is C49H36N2P2. The largest absolute Gasteiger partial charge is 0.254 e. The molecule has 1 spiro atoms. The first-order valence-corrected chi connectivity index (χ1v) is 21.9. The van der Waals surface area contributed by atoms with Crippen LogP contribution in [0.3, 0.4) is 0 Å². The number of hydrogen-bond donors (Lipinski definition) is 0. The van der Waals surface area contributed by atoms with E-state index in [0.717, 1.165) is 11.4 Å². The number of pyridine rings is 2. The van der Waals surface area contributed by atoms with Crippen LogP contribution in [0.2, 0.25) is 0 Å². The number of benzene rings is 6. The summed E-state index contributed by atoms with van der Waals surface area (Å²) >= 11 is 0. The van der Waals surface area contributed by atoms with Crippen molar-refractivity contribution in [3.8, 4) is 22.5 Å². The zero-order chi connectivity index (χ0) is 35.6. The molecule has 2 aliphatic carbocycles. The van der Waals surface area contributed by atoms with Crippen molar-refractivity contribution < 1.29 is 0 Å². The summed E-state index contributed by atoms with van der Waals surface area (Å²) < 4.78 is 0. The molecule has 2 heterocycles. The normalized spacial score (nSPS) is 13.6. The van der Waals surface area contributed by atoms with Gasteiger partial charge in [0.2, 0.25) is 0 Å². The summed E-state index contributed by atoms with van der Waals surface area (Å²) in [6.45, 7) is -4.56. The highest BCUT2D eigenvalue weighted by Crippen LogP contribution is 2.62. The number of hydrogen-bond acceptors (Lipinski definition) is 2. The molecule has 0 atom stereocenters. The van der Waals surface area contributed by atoms with Gasteiger partial charge < -0.3 is 0 Å². The van der Waals surface area contributed by atoms with Gasteiger partial charge in [-0.3, -0.25) is 9.97 Å². The van der Waals surface area contributed by atoms with Crippen LogP contribution in [0.4, 0.5) is 0 Å². The first-order valence-electron chi connectivity index (χ1n) is 18.0. The van der Waals surface area contributed by atoms with Crippen molar-refractivity contribution in [2.24, 2.45) is 0 Å². The molecule has 0 saturated heterocycles. The van der Waals surface area contributed by atoms with Gasteiger partial charge in [-0.2, -0.15) is 0 Å². The van der Waals surface area contributed by atoms with Crippen LogP contribution in [-0.2, 0) is 5.41 Å². The molecule has 4 heteroatoms. The van der Waals surface area contributed by atoms with E-state index < -0.39 is 19.2 Å². The first kappa shape index (κ1) is 31.9. The third-order valence-electron chi connectivity index (χ3n) is 11.4. The van der Waals surface area contributed by atoms with Gasteiger partial charge in [0.25, 0.3) is 0 Å². The molecule has 2 aromatic heterocycles. The van der Waals surface area contributed by atoms with E-state index >= 15 is 0 Å². The molecule has 10 rings (SSSR count). The van der Waals surface area contributed by atoms with E-state index in [1.165, 1.54) is 65.2 Å². The molecule has 6 aromatic carbocycles. The lowest BCUT2D eigenvalue weighted by molar-refractivity contribution is 0.791. The van der Waals surface area contributed by atoms with Gasteiger partial charge in [-0.15, -0.1) is 0 Å². The molecular weight excluding hydrogens is 679 g/mol. The van der Waals surface area contributed by atoms with Crippen molar-refractivity contribution in [1.82, 2.24) is 9.97 Å². The summed E-state index contributed by atoms with van der Waals surface area (Å²) in [5, 5.41) is 7.52. The van der Waals surface area contributed by atoms with Crippen molar-refractivity contribution >= 4 is 58.2 Å². The molecule has 0 amide bonds. The van der Waals surface area contributed by atoms with Crippen LogP contribution in [0.1, 0.15) is 22.3 Å². The van der Waals surface area contributed by atoms with Crippen LogP contribution < -0.4 is 31.8 Å². The summed E-state index contributed by atoms with van der Waals surface area (Å²) in [6.07, 6.45) is 14.1. The Morgan fingerprint density at radius 2 is 0.679 bits per heavy atom. The van der Waals surface area contributed by atoms with Gasteiger partial charge in [0.15, 0.2) is 0 Å². The molecule has 0 unspecified atom stereocenters. The van der Waals surface area contributed by atoms with Crippen LogP contribution in [0, 0.1) is 0 Å². The predicted octanol–water partition coefficient (Wildman–Crippen LogP) is 8.27. The second kappa shape index (κ2) is 12.1. The molecule has 0 bridgehead atoms. The maximum absolute atomic E-state index is 5.15. The van der Waals surface area contributed by atoms with Gasteiger partial charge >= 0.3 is 0 Å². The summed E-state index contributed by atoms with van der Waals surface area (Å²) in [5.41, 5.74) is 8.60. The van der Waals surface area contributed by atoms with Gasteiger partial charge in [-0.1, -0.05) is 170 Å². The maximum Gasteiger partial charge on any atom is 0.0937 e. The highest BCUT2D eigenvalue weighted by Gasteiger charge is 2.53. The van der Waals surface area contributed by atoms with Crippen molar-refractivity contribution in [3.63, 3.8) is 0 Å². The lowest BCUT2D eigenvalue weighted by Gasteiger charge is -2.33. The molecule has 0 fully saturated rings. The Morgan fingerprint density at radius 3 is 1.02 bits per heavy atom. The minimum Gasteiger partial charge on any atom is -0.254 e. The smallest absolute Gasteiger partial charge is 0.0937 e. The predicted molar refractivity (Wildman–Crippen MR) is 230 cm³/mol. The minimum atomic E-state index is -2.28. The second-order valence-electron chi connectivity index (χ2n) is 14.0. The molecule has 0 N–H and O–H groups in total. The molecule has 8 aromatic rings. The van der Waals surface area contributed by atoms with Gasteiger partial charge in [-0.05, 0) is 103 Å². The van der Waals surface area contributed by atoms with Crippen LogP contribution in [0.5, 0.6) is 0 Å². The molecule has 2 aliphatic rings. The second-order valence-corrected chi connectivity index (χ2v) is 20.3. The fourth-order valence-corrected chi connectivity index (χ4v) is 14.8. The number of aromatic nitrogens is 2. The number of rotatable bonds is 6. The quantitative estimate of drug-likeness (QED) is 0.162. The molecule has 2 nitrogen and oxygen atoms in total. The van der Waals surface area contributed by atoms with E-state index in [-0.39, 0.29) is 0 Å². The standard InChI is InChI=1S/C49H36N2P2/c1-52(35-17-7-3-8-18-35,36-19-9-4-10-20-36)39-27-29-41-42-30-28-40(53(2,37-21-11-5-12-22-37)38-23-13-6-14-24-38)34-46(42)49(45(41)33-39)43-25-15-31-50-47(43)48-44(49)26-16-32-51-48/h3-34H,1-2H2. The van der Waals surface area contributed by atoms with Crippen LogP contribution in [0.25, 0.3) is 22.5 Å². The Bertz CT molecular complexity index is 2500. The Labute approximate surface area is 311 Å². The molecule has 0 aliphatic heterocycles. The van der Waals surface area contributed by atoms with Crippen molar-refractivity contribution in [1.29, 1.82) is 0 Å². The number of fused-ring (bicyclic) bond motifs is 10. The fraction of sp³-hybridized carbons (Fsp3) is 0.0204. The zero-order valence-corrected chi connectivity index (χ0v) is 31.0.